The van der Waals surface area contributed by atoms with Gasteiger partial charge in [-0.15, -0.1) is 0 Å². The van der Waals surface area contributed by atoms with Gasteiger partial charge in [-0.1, -0.05) is 6.07 Å². The van der Waals surface area contributed by atoms with Gasteiger partial charge in [0.05, 0.1) is 18.2 Å². The fraction of sp³-hybridized carbons (Fsp3) is 0.167. The Balaban J connectivity index is 2.68. The van der Waals surface area contributed by atoms with Crippen molar-refractivity contribution >= 4 is 16.8 Å². The Morgan fingerprint density at radius 3 is 2.53 bits per heavy atom. The number of amides is 1. The summed E-state index contributed by atoms with van der Waals surface area (Å²) in [5.74, 6) is -0.856. The number of halogens is 3. The number of benzene rings is 1. The first-order chi connectivity index (χ1) is 8.82. The van der Waals surface area contributed by atoms with E-state index < -0.39 is 17.6 Å². The van der Waals surface area contributed by atoms with Crippen molar-refractivity contribution in [1.82, 2.24) is 4.98 Å². The normalized spacial score (nSPS) is 11.6. The third-order valence-corrected chi connectivity index (χ3v) is 2.57. The van der Waals surface area contributed by atoms with Gasteiger partial charge >= 0.3 is 6.18 Å². The monoisotopic (exact) mass is 270 g/mol. The number of primary amides is 1. The Morgan fingerprint density at radius 2 is 2.00 bits per heavy atom. The predicted octanol–water partition coefficient (Wildman–Crippen LogP) is 2.36. The van der Waals surface area contributed by atoms with Gasteiger partial charge < -0.3 is 10.5 Å². The van der Waals surface area contributed by atoms with E-state index in [2.05, 4.69) is 4.98 Å². The maximum atomic E-state index is 12.6. The van der Waals surface area contributed by atoms with Crippen LogP contribution in [0.15, 0.2) is 24.3 Å². The number of fused-ring (bicyclic) bond motifs is 1. The first kappa shape index (κ1) is 13.1. The van der Waals surface area contributed by atoms with E-state index in [1.54, 1.807) is 0 Å². The van der Waals surface area contributed by atoms with Crippen LogP contribution in [0, 0.1) is 0 Å². The topological polar surface area (TPSA) is 65.2 Å². The Labute approximate surface area is 106 Å². The molecule has 0 spiro atoms. The van der Waals surface area contributed by atoms with Crippen molar-refractivity contribution in [2.24, 2.45) is 5.73 Å². The lowest BCUT2D eigenvalue weighted by Gasteiger charge is -2.10. The maximum Gasteiger partial charge on any atom is 0.416 e. The molecule has 7 heteroatoms. The first-order valence-corrected chi connectivity index (χ1v) is 5.18. The van der Waals surface area contributed by atoms with Crippen LogP contribution in [0.4, 0.5) is 13.2 Å². The first-order valence-electron chi connectivity index (χ1n) is 5.18. The number of aromatic nitrogens is 1. The Bertz CT molecular complexity index is 653. The second-order valence-electron chi connectivity index (χ2n) is 3.81. The van der Waals surface area contributed by atoms with Crippen molar-refractivity contribution < 1.29 is 22.7 Å². The highest BCUT2D eigenvalue weighted by Gasteiger charge is 2.30. The molecule has 0 aliphatic carbocycles. The molecule has 0 saturated carbocycles. The van der Waals surface area contributed by atoms with Crippen molar-refractivity contribution in [1.29, 1.82) is 0 Å². The Kier molecular flexibility index (Phi) is 3.05. The molecular formula is C12H9F3N2O2. The van der Waals surface area contributed by atoms with Crippen LogP contribution in [-0.4, -0.2) is 18.0 Å². The molecule has 4 nitrogen and oxygen atoms in total. The quantitative estimate of drug-likeness (QED) is 0.911. The van der Waals surface area contributed by atoms with Crippen LogP contribution in [0.2, 0.25) is 0 Å². The van der Waals surface area contributed by atoms with E-state index in [1.807, 2.05) is 0 Å². The zero-order valence-electron chi connectivity index (χ0n) is 9.78. The van der Waals surface area contributed by atoms with E-state index in [9.17, 15) is 18.0 Å². The predicted molar refractivity (Wildman–Crippen MR) is 61.8 cm³/mol. The molecule has 0 bridgehead atoms. The molecule has 1 heterocycles. The lowest BCUT2D eigenvalue weighted by Crippen LogP contribution is -2.13. The zero-order valence-corrected chi connectivity index (χ0v) is 9.78. The molecule has 0 radical (unpaired) electrons. The number of methoxy groups -OCH3 is 1. The van der Waals surface area contributed by atoms with E-state index in [0.29, 0.717) is 5.39 Å². The second-order valence-corrected chi connectivity index (χ2v) is 3.81. The lowest BCUT2D eigenvalue weighted by molar-refractivity contribution is -0.137. The van der Waals surface area contributed by atoms with Crippen LogP contribution >= 0.6 is 0 Å². The summed E-state index contributed by atoms with van der Waals surface area (Å²) >= 11 is 0. The third-order valence-electron chi connectivity index (χ3n) is 2.57. The number of pyridine rings is 1. The number of hydrogen-bond acceptors (Lipinski definition) is 3. The summed E-state index contributed by atoms with van der Waals surface area (Å²) < 4.78 is 42.6. The van der Waals surface area contributed by atoms with E-state index >= 15 is 0 Å². The third kappa shape index (κ3) is 2.44. The largest absolute Gasteiger partial charge is 0.480 e. The van der Waals surface area contributed by atoms with Crippen molar-refractivity contribution in [3.63, 3.8) is 0 Å². The molecule has 100 valence electrons. The van der Waals surface area contributed by atoms with Gasteiger partial charge in [0, 0.05) is 5.39 Å². The van der Waals surface area contributed by atoms with Crippen molar-refractivity contribution in [3.05, 3.63) is 35.4 Å². The van der Waals surface area contributed by atoms with Gasteiger partial charge in [-0.05, 0) is 18.2 Å². The Morgan fingerprint density at radius 1 is 1.32 bits per heavy atom. The van der Waals surface area contributed by atoms with Crippen LogP contribution in [0.5, 0.6) is 5.88 Å². The molecule has 2 rings (SSSR count). The summed E-state index contributed by atoms with van der Waals surface area (Å²) in [7, 11) is 1.26. The number of carbonyl (C=O) groups is 1. The van der Waals surface area contributed by atoms with Crippen LogP contribution < -0.4 is 10.5 Å². The minimum Gasteiger partial charge on any atom is -0.480 e. The van der Waals surface area contributed by atoms with E-state index in [4.69, 9.17) is 10.5 Å². The van der Waals surface area contributed by atoms with Gasteiger partial charge in [0.25, 0.3) is 5.91 Å². The molecule has 19 heavy (non-hydrogen) atoms. The fourth-order valence-electron chi connectivity index (χ4n) is 1.66. The number of carbonyl (C=O) groups excluding carboxylic acids is 1. The molecule has 2 N–H and O–H groups in total. The Hall–Kier alpha value is -2.31. The minimum absolute atomic E-state index is 0.0229. The summed E-state index contributed by atoms with van der Waals surface area (Å²) in [6.07, 6.45) is -4.45. The average Bonchev–Trinajstić information content (AvgIpc) is 2.35. The zero-order chi connectivity index (χ0) is 14.2. The SMILES string of the molecule is COc1nc2cc(C(F)(F)F)ccc2cc1C(N)=O. The summed E-state index contributed by atoms with van der Waals surface area (Å²) in [6.45, 7) is 0. The van der Waals surface area contributed by atoms with Gasteiger partial charge in [-0.3, -0.25) is 4.79 Å². The van der Waals surface area contributed by atoms with Gasteiger partial charge in [0.15, 0.2) is 0 Å². The van der Waals surface area contributed by atoms with E-state index in [-0.39, 0.29) is 17.0 Å². The summed E-state index contributed by atoms with van der Waals surface area (Å²) in [6, 6.07) is 4.39. The highest BCUT2D eigenvalue weighted by molar-refractivity contribution is 5.98. The van der Waals surface area contributed by atoms with Gasteiger partial charge in [0.1, 0.15) is 5.56 Å². The highest BCUT2D eigenvalue weighted by atomic mass is 19.4. The lowest BCUT2D eigenvalue weighted by atomic mass is 10.1. The highest BCUT2D eigenvalue weighted by Crippen LogP contribution is 2.32. The molecule has 0 saturated heterocycles. The molecule has 1 aromatic carbocycles. The summed E-state index contributed by atoms with van der Waals surface area (Å²) in [5, 5.41) is 0.377. The molecule has 1 amide bonds. The molecule has 0 unspecified atom stereocenters. The number of ether oxygens (including phenoxy) is 1. The van der Waals surface area contributed by atoms with Crippen molar-refractivity contribution in [3.8, 4) is 5.88 Å². The average molecular weight is 270 g/mol. The van der Waals surface area contributed by atoms with E-state index in [1.165, 1.54) is 19.2 Å². The molecule has 1 aromatic heterocycles. The fourth-order valence-corrected chi connectivity index (χ4v) is 1.66. The van der Waals surface area contributed by atoms with Crippen molar-refractivity contribution in [2.45, 2.75) is 6.18 Å². The van der Waals surface area contributed by atoms with Crippen molar-refractivity contribution in [2.75, 3.05) is 7.11 Å². The number of rotatable bonds is 2. The van der Waals surface area contributed by atoms with Crippen LogP contribution in [-0.2, 0) is 6.18 Å². The number of alkyl halides is 3. The van der Waals surface area contributed by atoms with Crippen LogP contribution in [0.3, 0.4) is 0 Å². The molecule has 2 aromatic rings. The van der Waals surface area contributed by atoms with Gasteiger partial charge in [-0.2, -0.15) is 13.2 Å². The summed E-state index contributed by atoms with van der Waals surface area (Å²) in [4.78, 5) is 15.0. The molecule has 0 aliphatic rings. The smallest absolute Gasteiger partial charge is 0.416 e. The second kappa shape index (κ2) is 4.42. The molecular weight excluding hydrogens is 261 g/mol. The minimum atomic E-state index is -4.45. The van der Waals surface area contributed by atoms with Gasteiger partial charge in [-0.25, -0.2) is 4.98 Å². The van der Waals surface area contributed by atoms with E-state index in [0.717, 1.165) is 12.1 Å². The van der Waals surface area contributed by atoms with Crippen LogP contribution in [0.1, 0.15) is 15.9 Å². The standard InChI is InChI=1S/C12H9F3N2O2/c1-19-11-8(10(16)18)4-6-2-3-7(12(13,14)15)5-9(6)17-11/h2-5H,1H3,(H2,16,18). The van der Waals surface area contributed by atoms with Gasteiger partial charge in [0.2, 0.25) is 5.88 Å². The van der Waals surface area contributed by atoms with Crippen LogP contribution in [0.25, 0.3) is 10.9 Å². The molecule has 0 fully saturated rings. The number of nitrogens with zero attached hydrogens (tertiary/aromatic N) is 1. The number of hydrogen-bond donors (Lipinski definition) is 1. The number of nitrogens with two attached hydrogens (primary N) is 1. The molecule has 0 aliphatic heterocycles. The maximum absolute atomic E-state index is 12.6. The summed E-state index contributed by atoms with van der Waals surface area (Å²) in [5.41, 5.74) is 4.43. The molecule has 0 atom stereocenters.